The van der Waals surface area contributed by atoms with Crippen molar-refractivity contribution in [2.75, 3.05) is 6.54 Å². The first kappa shape index (κ1) is 20.9. The molecule has 0 spiro atoms. The predicted molar refractivity (Wildman–Crippen MR) is 101 cm³/mol. The molecule has 1 aromatic heterocycles. The quantitative estimate of drug-likeness (QED) is 0.338. The minimum Gasteiger partial charge on any atom is -0.311 e. The van der Waals surface area contributed by atoms with Crippen molar-refractivity contribution in [1.82, 2.24) is 20.8 Å². The van der Waals surface area contributed by atoms with E-state index in [-0.39, 0.29) is 11.7 Å². The van der Waals surface area contributed by atoms with Crippen molar-refractivity contribution in [3.05, 3.63) is 58.9 Å². The van der Waals surface area contributed by atoms with E-state index in [0.29, 0.717) is 30.5 Å². The number of carbonyl (C=O) groups is 1. The molecular weight excluding hydrogens is 347 g/mol. The molecule has 0 bridgehead atoms. The van der Waals surface area contributed by atoms with Gasteiger partial charge in [-0.25, -0.2) is 9.87 Å². The van der Waals surface area contributed by atoms with Crippen molar-refractivity contribution in [2.24, 2.45) is 5.92 Å². The van der Waals surface area contributed by atoms with Crippen LogP contribution < -0.4 is 10.8 Å². The van der Waals surface area contributed by atoms with Crippen LogP contribution in [0.25, 0.3) is 0 Å². The van der Waals surface area contributed by atoms with E-state index >= 15 is 0 Å². The van der Waals surface area contributed by atoms with E-state index in [2.05, 4.69) is 15.3 Å². The van der Waals surface area contributed by atoms with E-state index in [0.717, 1.165) is 30.6 Å². The molecule has 1 atom stereocenters. The molecule has 0 radical (unpaired) electrons. The number of amides is 1. The van der Waals surface area contributed by atoms with Crippen LogP contribution in [0, 0.1) is 25.6 Å². The number of carbonyl (C=O) groups excluding carboxylic acids is 1. The maximum absolute atomic E-state index is 13.8. The number of nitrogens with zero attached hydrogens (tertiary/aromatic N) is 2. The zero-order chi connectivity index (χ0) is 19.6. The maximum Gasteiger partial charge on any atom is 0.246 e. The summed E-state index contributed by atoms with van der Waals surface area (Å²) in [6, 6.07) is 3.53. The summed E-state index contributed by atoms with van der Waals surface area (Å²) in [6.07, 6.45) is 7.88. The average molecular weight is 374 g/mol. The summed E-state index contributed by atoms with van der Waals surface area (Å²) in [4.78, 5) is 20.2. The van der Waals surface area contributed by atoms with Crippen LogP contribution in [0.4, 0.5) is 4.39 Å². The van der Waals surface area contributed by atoms with Crippen LogP contribution in [0.15, 0.2) is 30.7 Å². The largest absolute Gasteiger partial charge is 0.311 e. The standard InChI is InChI=1S/C20H27FN4O2/c1-14-9-16(10-15(2)19(14)21)11-17(20(26)25-27)5-3-4-6-22-12-18-13-23-7-8-24-18/h7-10,13,17,22,27H,3-6,11-12H2,1-2H3,(H,25,26)/t17-/m0/s1. The lowest BCUT2D eigenvalue weighted by molar-refractivity contribution is -0.133. The molecule has 1 heterocycles. The third-order valence-corrected chi connectivity index (χ3v) is 4.54. The first-order chi connectivity index (χ1) is 13.0. The minimum absolute atomic E-state index is 0.212. The molecule has 146 valence electrons. The molecule has 0 saturated heterocycles. The van der Waals surface area contributed by atoms with Crippen molar-refractivity contribution in [1.29, 1.82) is 0 Å². The van der Waals surface area contributed by atoms with Gasteiger partial charge in [-0.05, 0) is 56.3 Å². The zero-order valence-electron chi connectivity index (χ0n) is 15.8. The summed E-state index contributed by atoms with van der Waals surface area (Å²) >= 11 is 0. The molecule has 0 aliphatic carbocycles. The van der Waals surface area contributed by atoms with E-state index in [1.165, 1.54) is 0 Å². The van der Waals surface area contributed by atoms with Gasteiger partial charge in [0.1, 0.15) is 5.82 Å². The summed E-state index contributed by atoms with van der Waals surface area (Å²) in [5, 5.41) is 12.3. The van der Waals surface area contributed by atoms with Gasteiger partial charge in [-0.2, -0.15) is 0 Å². The Morgan fingerprint density at radius 1 is 1.22 bits per heavy atom. The van der Waals surface area contributed by atoms with Gasteiger partial charge in [-0.1, -0.05) is 18.6 Å². The van der Waals surface area contributed by atoms with Crippen LogP contribution in [-0.2, 0) is 17.8 Å². The zero-order valence-corrected chi connectivity index (χ0v) is 15.8. The molecule has 0 aliphatic heterocycles. The van der Waals surface area contributed by atoms with Crippen LogP contribution >= 0.6 is 0 Å². The lowest BCUT2D eigenvalue weighted by Crippen LogP contribution is -2.29. The Hall–Kier alpha value is -2.38. The minimum atomic E-state index is -0.401. The first-order valence-electron chi connectivity index (χ1n) is 9.16. The fraction of sp³-hybridized carbons (Fsp3) is 0.450. The molecule has 3 N–H and O–H groups in total. The predicted octanol–water partition coefficient (Wildman–Crippen LogP) is 2.86. The molecule has 1 aromatic carbocycles. The molecule has 7 heteroatoms. The SMILES string of the molecule is Cc1cc(C[C@H](CCCCNCc2cnccn2)C(=O)NO)cc(C)c1F. The smallest absolute Gasteiger partial charge is 0.246 e. The molecule has 0 unspecified atom stereocenters. The lowest BCUT2D eigenvalue weighted by Gasteiger charge is -2.16. The van der Waals surface area contributed by atoms with Crippen LogP contribution in [0.2, 0.25) is 0 Å². The Bertz CT molecular complexity index is 717. The third kappa shape index (κ3) is 6.69. The molecule has 27 heavy (non-hydrogen) atoms. The molecule has 0 fully saturated rings. The highest BCUT2D eigenvalue weighted by Crippen LogP contribution is 2.20. The Morgan fingerprint density at radius 3 is 2.59 bits per heavy atom. The molecule has 2 aromatic rings. The number of aromatic nitrogens is 2. The molecular formula is C20H27FN4O2. The second kappa shape index (κ2) is 10.7. The molecule has 0 aliphatic rings. The average Bonchev–Trinajstić information content (AvgIpc) is 2.67. The fourth-order valence-electron chi connectivity index (χ4n) is 3.13. The van der Waals surface area contributed by atoms with Crippen LogP contribution in [0.5, 0.6) is 0 Å². The van der Waals surface area contributed by atoms with E-state index < -0.39 is 5.91 Å². The number of benzene rings is 1. The summed E-state index contributed by atoms with van der Waals surface area (Å²) in [5.74, 6) is -0.961. The number of nitrogens with one attached hydrogen (secondary N) is 2. The van der Waals surface area contributed by atoms with Gasteiger partial charge in [0.15, 0.2) is 0 Å². The van der Waals surface area contributed by atoms with Gasteiger partial charge in [0.2, 0.25) is 5.91 Å². The van der Waals surface area contributed by atoms with E-state index in [9.17, 15) is 9.18 Å². The number of unbranched alkanes of at least 4 members (excludes halogenated alkanes) is 1. The fourth-order valence-corrected chi connectivity index (χ4v) is 3.13. The summed E-state index contributed by atoms with van der Waals surface area (Å²) < 4.78 is 13.8. The van der Waals surface area contributed by atoms with E-state index in [1.54, 1.807) is 50.1 Å². The van der Waals surface area contributed by atoms with Crippen molar-refractivity contribution < 1.29 is 14.4 Å². The van der Waals surface area contributed by atoms with Crippen LogP contribution in [0.1, 0.15) is 41.6 Å². The first-order valence-corrected chi connectivity index (χ1v) is 9.16. The highest BCUT2D eigenvalue weighted by atomic mass is 19.1. The Morgan fingerprint density at radius 2 is 1.96 bits per heavy atom. The number of rotatable bonds is 10. The van der Waals surface area contributed by atoms with E-state index in [4.69, 9.17) is 5.21 Å². The highest BCUT2D eigenvalue weighted by molar-refractivity contribution is 5.77. The number of halogens is 1. The lowest BCUT2D eigenvalue weighted by atomic mass is 9.91. The summed E-state index contributed by atoms with van der Waals surface area (Å²) in [6.45, 7) is 4.90. The number of hydrogen-bond acceptors (Lipinski definition) is 5. The summed E-state index contributed by atoms with van der Waals surface area (Å²) in [5.41, 5.74) is 4.69. The molecule has 6 nitrogen and oxygen atoms in total. The third-order valence-electron chi connectivity index (χ3n) is 4.54. The Balaban J connectivity index is 1.80. The second-order valence-corrected chi connectivity index (χ2v) is 6.79. The number of hydroxylamine groups is 1. The van der Waals surface area contributed by atoms with Gasteiger partial charge >= 0.3 is 0 Å². The monoisotopic (exact) mass is 374 g/mol. The van der Waals surface area contributed by atoms with Crippen molar-refractivity contribution >= 4 is 5.91 Å². The maximum atomic E-state index is 13.8. The Kier molecular flexibility index (Phi) is 8.29. The van der Waals surface area contributed by atoms with Crippen molar-refractivity contribution in [3.63, 3.8) is 0 Å². The molecule has 0 saturated carbocycles. The van der Waals surface area contributed by atoms with Gasteiger partial charge in [0.05, 0.1) is 5.69 Å². The number of aryl methyl sites for hydroxylation is 2. The second-order valence-electron chi connectivity index (χ2n) is 6.79. The van der Waals surface area contributed by atoms with Gasteiger partial charge in [0.25, 0.3) is 0 Å². The van der Waals surface area contributed by atoms with Gasteiger partial charge in [-0.15, -0.1) is 0 Å². The summed E-state index contributed by atoms with van der Waals surface area (Å²) in [7, 11) is 0. The van der Waals surface area contributed by atoms with Crippen LogP contribution in [-0.4, -0.2) is 27.6 Å². The topological polar surface area (TPSA) is 87.1 Å². The van der Waals surface area contributed by atoms with Crippen molar-refractivity contribution in [3.8, 4) is 0 Å². The Labute approximate surface area is 159 Å². The number of hydrogen-bond donors (Lipinski definition) is 3. The molecule has 1 amide bonds. The molecule has 2 rings (SSSR count). The normalized spacial score (nSPS) is 12.0. The van der Waals surface area contributed by atoms with Crippen LogP contribution in [0.3, 0.4) is 0 Å². The van der Waals surface area contributed by atoms with E-state index in [1.807, 2.05) is 0 Å². The highest BCUT2D eigenvalue weighted by Gasteiger charge is 2.19. The van der Waals surface area contributed by atoms with Gasteiger partial charge in [0, 0.05) is 31.1 Å². The van der Waals surface area contributed by atoms with Crippen molar-refractivity contribution in [2.45, 2.75) is 46.1 Å². The van der Waals surface area contributed by atoms with Gasteiger partial charge < -0.3 is 5.32 Å². The van der Waals surface area contributed by atoms with Gasteiger partial charge in [-0.3, -0.25) is 20.0 Å².